The van der Waals surface area contributed by atoms with Gasteiger partial charge in [0.25, 0.3) is 0 Å². The van der Waals surface area contributed by atoms with Crippen LogP contribution in [0.25, 0.3) is 0 Å². The number of carbonyl (C=O) groups is 1. The van der Waals surface area contributed by atoms with Crippen LogP contribution < -0.4 is 5.32 Å². The molecule has 5 nitrogen and oxygen atoms in total. The van der Waals surface area contributed by atoms with Crippen molar-refractivity contribution in [2.75, 3.05) is 20.6 Å². The van der Waals surface area contributed by atoms with Crippen LogP contribution in [0.1, 0.15) is 47.4 Å². The van der Waals surface area contributed by atoms with Gasteiger partial charge in [-0.15, -0.1) is 0 Å². The van der Waals surface area contributed by atoms with Gasteiger partial charge in [0.15, 0.2) is 0 Å². The average Bonchev–Trinajstić information content (AvgIpc) is 3.52. The lowest BCUT2D eigenvalue weighted by Crippen LogP contribution is -2.43. The maximum atomic E-state index is 13.9. The topological polar surface area (TPSA) is 65.5 Å². The molecule has 1 fully saturated rings. The van der Waals surface area contributed by atoms with Gasteiger partial charge in [-0.1, -0.05) is 11.6 Å². The van der Waals surface area contributed by atoms with Gasteiger partial charge < -0.3 is 15.3 Å². The van der Waals surface area contributed by atoms with E-state index in [2.05, 4.69) is 10.3 Å². The molecule has 186 valence electrons. The molecule has 2 N–H and O–H groups in total. The van der Waals surface area contributed by atoms with E-state index in [0.29, 0.717) is 12.0 Å². The average molecular weight is 498 g/mol. The number of aromatic hydroxyl groups is 1. The summed E-state index contributed by atoms with van der Waals surface area (Å²) in [5, 5.41) is 12.9. The van der Waals surface area contributed by atoms with Gasteiger partial charge >= 0.3 is 6.18 Å². The maximum Gasteiger partial charge on any atom is 0.395 e. The Morgan fingerprint density at radius 3 is 2.32 bits per heavy atom. The zero-order valence-corrected chi connectivity index (χ0v) is 20.6. The van der Waals surface area contributed by atoms with Gasteiger partial charge in [-0.3, -0.25) is 9.78 Å². The number of rotatable bonds is 9. The summed E-state index contributed by atoms with van der Waals surface area (Å²) >= 11 is 5.99. The van der Waals surface area contributed by atoms with Crippen LogP contribution in [0.4, 0.5) is 13.2 Å². The second kappa shape index (κ2) is 10.1. The molecule has 0 spiro atoms. The highest BCUT2D eigenvalue weighted by Crippen LogP contribution is 2.66. The molecule has 2 atom stereocenters. The highest BCUT2D eigenvalue weighted by atomic mass is 35.5. The first-order valence-corrected chi connectivity index (χ1v) is 11.6. The van der Waals surface area contributed by atoms with E-state index in [4.69, 9.17) is 11.6 Å². The molecule has 34 heavy (non-hydrogen) atoms. The molecule has 1 aromatic carbocycles. The minimum absolute atomic E-state index is 0.0132. The van der Waals surface area contributed by atoms with E-state index in [1.165, 1.54) is 18.5 Å². The van der Waals surface area contributed by atoms with E-state index in [1.54, 1.807) is 12.1 Å². The Hall–Kier alpha value is -2.32. The Balaban J connectivity index is 1.74. The number of likely N-dealkylation sites (N-methyl/N-ethyl adjacent to an activating group) is 1. The molecule has 9 heteroatoms. The van der Waals surface area contributed by atoms with E-state index >= 15 is 0 Å². The molecule has 0 bridgehead atoms. The Labute approximate surface area is 203 Å². The predicted octanol–water partition coefficient (Wildman–Crippen LogP) is 5.16. The predicted molar refractivity (Wildman–Crippen MR) is 126 cm³/mol. The smallest absolute Gasteiger partial charge is 0.395 e. The van der Waals surface area contributed by atoms with Crippen LogP contribution in [0.5, 0.6) is 5.75 Å². The van der Waals surface area contributed by atoms with Crippen LogP contribution in [0.2, 0.25) is 5.02 Å². The fourth-order valence-electron chi connectivity index (χ4n) is 4.67. The van der Waals surface area contributed by atoms with Crippen molar-refractivity contribution < 1.29 is 23.1 Å². The maximum absolute atomic E-state index is 13.9. The van der Waals surface area contributed by atoms with Gasteiger partial charge in [-0.2, -0.15) is 13.2 Å². The van der Waals surface area contributed by atoms with E-state index in [1.807, 2.05) is 32.8 Å². The van der Waals surface area contributed by atoms with E-state index in [-0.39, 0.29) is 42.6 Å². The molecule has 2 unspecified atom stereocenters. The number of alkyl halides is 3. The number of amides is 1. The number of pyridine rings is 1. The van der Waals surface area contributed by atoms with Gasteiger partial charge in [-0.05, 0) is 87.7 Å². The first-order valence-electron chi connectivity index (χ1n) is 11.2. The zero-order valence-electron chi connectivity index (χ0n) is 19.8. The van der Waals surface area contributed by atoms with Crippen molar-refractivity contribution in [3.05, 3.63) is 57.9 Å². The number of nitrogens with one attached hydrogen (secondary N) is 1. The van der Waals surface area contributed by atoms with Gasteiger partial charge in [0.1, 0.15) is 5.75 Å². The van der Waals surface area contributed by atoms with Crippen LogP contribution >= 0.6 is 11.6 Å². The fraction of sp³-hybridized carbons (Fsp3) is 0.520. The number of hydrogen-bond acceptors (Lipinski definition) is 4. The summed E-state index contributed by atoms with van der Waals surface area (Å²) in [5.41, 5.74) is 1.38. The number of aromatic nitrogens is 1. The first-order chi connectivity index (χ1) is 15.8. The van der Waals surface area contributed by atoms with Crippen LogP contribution in [-0.4, -0.2) is 53.8 Å². The van der Waals surface area contributed by atoms with E-state index < -0.39 is 23.4 Å². The van der Waals surface area contributed by atoms with Gasteiger partial charge in [-0.25, -0.2) is 0 Å². The molecule has 3 rings (SSSR count). The quantitative estimate of drug-likeness (QED) is 0.502. The van der Waals surface area contributed by atoms with Crippen molar-refractivity contribution in [2.45, 2.75) is 57.7 Å². The second-order valence-corrected chi connectivity index (χ2v) is 9.97. The van der Waals surface area contributed by atoms with Gasteiger partial charge in [0, 0.05) is 37.3 Å². The number of hydrogen-bond donors (Lipinski definition) is 2. The molecule has 1 aromatic heterocycles. The largest absolute Gasteiger partial charge is 0.508 e. The summed E-state index contributed by atoms with van der Waals surface area (Å²) in [5.74, 6) is -1.28. The minimum atomic E-state index is -4.42. The standard InChI is InChI=1S/C25H31ClF3N3O2/c1-15-7-20(33)8-16(2)21(15)10-19(32(3)4)14-31-23(34)11-22(17-9-18(26)13-30-12-17)24(5-6-24)25(27,28)29/h7-9,12-13,19,22,33H,5-6,10-11,14H2,1-4H3,(H,31,34). The lowest BCUT2D eigenvalue weighted by molar-refractivity contribution is -0.194. The highest BCUT2D eigenvalue weighted by Gasteiger charge is 2.67. The number of halogens is 4. The molecular formula is C25H31ClF3N3O2. The van der Waals surface area contributed by atoms with Crippen LogP contribution in [-0.2, 0) is 11.2 Å². The molecule has 2 aromatic rings. The van der Waals surface area contributed by atoms with E-state index in [0.717, 1.165) is 16.7 Å². The molecule has 1 aliphatic rings. The SMILES string of the molecule is Cc1cc(O)cc(C)c1CC(CNC(=O)CC(c1cncc(Cl)c1)C1(C(F)(F)F)CC1)N(C)C. The lowest BCUT2D eigenvalue weighted by Gasteiger charge is -2.30. The van der Waals surface area contributed by atoms with Crippen LogP contribution in [0.3, 0.4) is 0 Å². The number of carbonyl (C=O) groups excluding carboxylic acids is 1. The molecule has 1 saturated carbocycles. The van der Waals surface area contributed by atoms with Gasteiger partial charge in [0.05, 0.1) is 10.4 Å². The normalized spacial score (nSPS) is 16.9. The Morgan fingerprint density at radius 1 is 1.21 bits per heavy atom. The summed E-state index contributed by atoms with van der Waals surface area (Å²) < 4.78 is 41.8. The van der Waals surface area contributed by atoms with Crippen molar-refractivity contribution in [1.29, 1.82) is 0 Å². The van der Waals surface area contributed by atoms with Crippen molar-refractivity contribution in [3.8, 4) is 5.75 Å². The highest BCUT2D eigenvalue weighted by molar-refractivity contribution is 6.30. The number of aryl methyl sites for hydroxylation is 2. The molecule has 1 aliphatic carbocycles. The van der Waals surface area contributed by atoms with Crippen molar-refractivity contribution >= 4 is 17.5 Å². The molecule has 0 radical (unpaired) electrons. The molecule has 1 amide bonds. The lowest BCUT2D eigenvalue weighted by atomic mass is 9.80. The number of nitrogens with zero attached hydrogens (tertiary/aromatic N) is 2. The third-order valence-corrected chi connectivity index (χ3v) is 7.13. The Kier molecular flexibility index (Phi) is 7.82. The molecule has 0 saturated heterocycles. The van der Waals surface area contributed by atoms with E-state index in [9.17, 15) is 23.1 Å². The number of benzene rings is 1. The number of phenols is 1. The molecule has 1 heterocycles. The third-order valence-electron chi connectivity index (χ3n) is 6.92. The molecular weight excluding hydrogens is 467 g/mol. The molecule has 0 aliphatic heterocycles. The van der Waals surface area contributed by atoms with Crippen molar-refractivity contribution in [3.63, 3.8) is 0 Å². The minimum Gasteiger partial charge on any atom is -0.508 e. The Morgan fingerprint density at radius 2 is 1.82 bits per heavy atom. The van der Waals surface area contributed by atoms with Crippen molar-refractivity contribution in [1.82, 2.24) is 15.2 Å². The Bertz CT molecular complexity index is 1020. The zero-order chi connectivity index (χ0) is 25.3. The summed E-state index contributed by atoms with van der Waals surface area (Å²) in [4.78, 5) is 18.8. The summed E-state index contributed by atoms with van der Waals surface area (Å²) in [6.07, 6.45) is -1.38. The van der Waals surface area contributed by atoms with Crippen LogP contribution in [0, 0.1) is 19.3 Å². The van der Waals surface area contributed by atoms with Crippen LogP contribution in [0.15, 0.2) is 30.6 Å². The fourth-order valence-corrected chi connectivity index (χ4v) is 4.85. The van der Waals surface area contributed by atoms with Crippen molar-refractivity contribution in [2.24, 2.45) is 5.41 Å². The first kappa shape index (κ1) is 26.3. The number of phenolic OH excluding ortho intramolecular Hbond substituents is 1. The monoisotopic (exact) mass is 497 g/mol. The summed E-state index contributed by atoms with van der Waals surface area (Å²) in [6, 6.07) is 4.79. The summed E-state index contributed by atoms with van der Waals surface area (Å²) in [6.45, 7) is 4.12. The summed E-state index contributed by atoms with van der Waals surface area (Å²) in [7, 11) is 3.79. The second-order valence-electron chi connectivity index (χ2n) is 9.53. The van der Waals surface area contributed by atoms with Gasteiger partial charge in [0.2, 0.25) is 5.91 Å². The third kappa shape index (κ3) is 5.84.